The van der Waals surface area contributed by atoms with Gasteiger partial charge in [0, 0.05) is 23.4 Å². The molecule has 1 aromatic heterocycles. The largest absolute Gasteiger partial charge is 0.421 e. The molecule has 5 nitrogen and oxygen atoms in total. The van der Waals surface area contributed by atoms with Gasteiger partial charge in [-0.2, -0.15) is 0 Å². The minimum Gasteiger partial charge on any atom is -0.421 e. The molecule has 6 heteroatoms. The predicted octanol–water partition coefficient (Wildman–Crippen LogP) is 5.62. The first-order valence-electron chi connectivity index (χ1n) is 10.2. The van der Waals surface area contributed by atoms with Crippen molar-refractivity contribution in [3.8, 4) is 11.5 Å². The van der Waals surface area contributed by atoms with Gasteiger partial charge >= 0.3 is 0 Å². The number of hydrogen-bond donors (Lipinski definition) is 1. The Hall–Kier alpha value is -3.44. The number of aryl methyl sites for hydroxylation is 1. The fourth-order valence-electron chi connectivity index (χ4n) is 3.35. The van der Waals surface area contributed by atoms with Gasteiger partial charge in [-0.25, -0.2) is 0 Å². The molecule has 156 valence electrons. The second kappa shape index (κ2) is 10.0. The van der Waals surface area contributed by atoms with Crippen LogP contribution in [0, 0.1) is 0 Å². The number of nitrogens with one attached hydrogen (secondary N) is 1. The number of amides is 1. The summed E-state index contributed by atoms with van der Waals surface area (Å²) in [6, 6.07) is 26.8. The van der Waals surface area contributed by atoms with E-state index in [9.17, 15) is 4.79 Å². The topological polar surface area (TPSA) is 68.0 Å². The van der Waals surface area contributed by atoms with Crippen LogP contribution in [0.4, 0.5) is 0 Å². The zero-order valence-electron chi connectivity index (χ0n) is 16.9. The molecular formula is C25H22ClN3O2. The molecule has 0 fully saturated rings. The normalized spacial score (nSPS) is 11.8. The molecule has 4 aromatic rings. The fourth-order valence-corrected chi connectivity index (χ4v) is 3.47. The van der Waals surface area contributed by atoms with E-state index in [1.54, 1.807) is 0 Å². The van der Waals surface area contributed by atoms with Crippen LogP contribution < -0.4 is 5.32 Å². The van der Waals surface area contributed by atoms with Crippen LogP contribution in [0.15, 0.2) is 89.3 Å². The Labute approximate surface area is 186 Å². The van der Waals surface area contributed by atoms with E-state index in [-0.39, 0.29) is 11.9 Å². The van der Waals surface area contributed by atoms with Crippen molar-refractivity contribution in [2.45, 2.75) is 25.3 Å². The predicted molar refractivity (Wildman–Crippen MR) is 121 cm³/mol. The lowest BCUT2D eigenvalue weighted by molar-refractivity contribution is -0.121. The molecule has 0 aliphatic heterocycles. The molecule has 1 N–H and O–H groups in total. The summed E-state index contributed by atoms with van der Waals surface area (Å²) in [6.07, 6.45) is 1.52. The summed E-state index contributed by atoms with van der Waals surface area (Å²) in [6.45, 7) is 0. The number of halogens is 1. The number of hydrogen-bond acceptors (Lipinski definition) is 4. The third-order valence-corrected chi connectivity index (χ3v) is 5.18. The van der Waals surface area contributed by atoms with Crippen LogP contribution in [0.1, 0.15) is 35.9 Å². The van der Waals surface area contributed by atoms with Gasteiger partial charge in [-0.1, -0.05) is 72.3 Å². The van der Waals surface area contributed by atoms with Crippen LogP contribution in [0.2, 0.25) is 5.02 Å². The lowest BCUT2D eigenvalue weighted by Gasteiger charge is -2.20. The summed E-state index contributed by atoms with van der Waals surface area (Å²) >= 11 is 6.03. The van der Waals surface area contributed by atoms with Crippen molar-refractivity contribution in [1.82, 2.24) is 15.5 Å². The molecule has 0 saturated carbocycles. The van der Waals surface area contributed by atoms with Crippen LogP contribution in [-0.4, -0.2) is 16.1 Å². The molecule has 1 unspecified atom stereocenters. The summed E-state index contributed by atoms with van der Waals surface area (Å²) in [5, 5.41) is 12.0. The Morgan fingerprint density at radius 2 is 1.52 bits per heavy atom. The van der Waals surface area contributed by atoms with Crippen molar-refractivity contribution in [1.29, 1.82) is 0 Å². The molecule has 0 radical (unpaired) electrons. The molecule has 3 aromatic carbocycles. The summed E-state index contributed by atoms with van der Waals surface area (Å²) in [7, 11) is 0. The molecule has 1 amide bonds. The number of aromatic nitrogens is 2. The van der Waals surface area contributed by atoms with Crippen molar-refractivity contribution in [3.05, 3.63) is 107 Å². The zero-order chi connectivity index (χ0) is 21.5. The van der Waals surface area contributed by atoms with Crippen LogP contribution in [0.5, 0.6) is 0 Å². The van der Waals surface area contributed by atoms with Crippen LogP contribution in [-0.2, 0) is 11.2 Å². The highest BCUT2D eigenvalue weighted by molar-refractivity contribution is 6.30. The van der Waals surface area contributed by atoms with E-state index < -0.39 is 0 Å². The zero-order valence-corrected chi connectivity index (χ0v) is 17.6. The van der Waals surface area contributed by atoms with Gasteiger partial charge in [-0.3, -0.25) is 4.79 Å². The third-order valence-electron chi connectivity index (χ3n) is 4.92. The lowest BCUT2D eigenvalue weighted by Crippen LogP contribution is -2.29. The molecule has 0 bridgehead atoms. The van der Waals surface area contributed by atoms with Crippen molar-refractivity contribution in [3.63, 3.8) is 0 Å². The number of nitrogens with zero attached hydrogens (tertiary/aromatic N) is 2. The average molecular weight is 432 g/mol. The van der Waals surface area contributed by atoms with Crippen molar-refractivity contribution >= 4 is 17.5 Å². The number of carbonyl (C=O) groups excluding carboxylic acids is 1. The van der Waals surface area contributed by atoms with Gasteiger partial charge in [0.25, 0.3) is 0 Å². The van der Waals surface area contributed by atoms with Gasteiger partial charge in [0.1, 0.15) is 0 Å². The highest BCUT2D eigenvalue weighted by atomic mass is 35.5. The quantitative estimate of drug-likeness (QED) is 0.393. The van der Waals surface area contributed by atoms with E-state index in [0.717, 1.165) is 16.7 Å². The minimum absolute atomic E-state index is 0.0356. The summed E-state index contributed by atoms with van der Waals surface area (Å²) < 4.78 is 5.72. The van der Waals surface area contributed by atoms with Gasteiger partial charge in [0.2, 0.25) is 17.7 Å². The maximum Gasteiger partial charge on any atom is 0.247 e. The Morgan fingerprint density at radius 3 is 2.23 bits per heavy atom. The van der Waals surface area contributed by atoms with Crippen LogP contribution >= 0.6 is 11.6 Å². The molecule has 1 heterocycles. The van der Waals surface area contributed by atoms with Crippen molar-refractivity contribution in [2.75, 3.05) is 0 Å². The van der Waals surface area contributed by atoms with Gasteiger partial charge in [0.15, 0.2) is 0 Å². The SMILES string of the molecule is O=C(CCCc1nnc(-c2ccccc2)o1)NC(c1ccccc1)c1ccc(Cl)cc1. The van der Waals surface area contributed by atoms with E-state index in [2.05, 4.69) is 15.5 Å². The Kier molecular flexibility index (Phi) is 6.75. The van der Waals surface area contributed by atoms with Gasteiger partial charge in [0.05, 0.1) is 6.04 Å². The lowest BCUT2D eigenvalue weighted by atomic mass is 9.98. The Bertz CT molecular complexity index is 1110. The van der Waals surface area contributed by atoms with Crippen LogP contribution in [0.3, 0.4) is 0 Å². The summed E-state index contributed by atoms with van der Waals surface area (Å²) in [4.78, 5) is 12.7. The molecule has 31 heavy (non-hydrogen) atoms. The molecular weight excluding hydrogens is 410 g/mol. The second-order valence-corrected chi connectivity index (χ2v) is 7.62. The Balaban J connectivity index is 1.36. The molecule has 0 saturated heterocycles. The van der Waals surface area contributed by atoms with Gasteiger partial charge in [-0.15, -0.1) is 10.2 Å². The highest BCUT2D eigenvalue weighted by Gasteiger charge is 2.17. The maximum atomic E-state index is 12.7. The summed E-state index contributed by atoms with van der Waals surface area (Å²) in [5.74, 6) is 0.988. The van der Waals surface area contributed by atoms with Crippen molar-refractivity contribution < 1.29 is 9.21 Å². The highest BCUT2D eigenvalue weighted by Crippen LogP contribution is 2.24. The first kappa shape index (κ1) is 20.8. The van der Waals surface area contributed by atoms with Crippen molar-refractivity contribution in [2.24, 2.45) is 0 Å². The third kappa shape index (κ3) is 5.58. The number of benzene rings is 3. The van der Waals surface area contributed by atoms with Gasteiger partial charge in [-0.05, 0) is 41.8 Å². The average Bonchev–Trinajstić information content (AvgIpc) is 3.28. The smallest absolute Gasteiger partial charge is 0.247 e. The van der Waals surface area contributed by atoms with E-state index in [4.69, 9.17) is 16.0 Å². The first-order chi connectivity index (χ1) is 15.2. The monoisotopic (exact) mass is 431 g/mol. The molecule has 0 aliphatic carbocycles. The minimum atomic E-state index is -0.237. The van der Waals surface area contributed by atoms with E-state index in [1.165, 1.54) is 0 Å². The standard InChI is InChI=1S/C25H22ClN3O2/c26-21-16-14-19(15-17-21)24(18-8-3-1-4-9-18)27-22(30)12-7-13-23-28-29-25(31-23)20-10-5-2-6-11-20/h1-6,8-11,14-17,24H,7,12-13H2,(H,27,30). The van der Waals surface area contributed by atoms with Gasteiger partial charge < -0.3 is 9.73 Å². The molecule has 4 rings (SSSR count). The van der Waals surface area contributed by atoms with E-state index in [1.807, 2.05) is 84.9 Å². The fraction of sp³-hybridized carbons (Fsp3) is 0.160. The summed E-state index contributed by atoms with van der Waals surface area (Å²) in [5.41, 5.74) is 2.88. The molecule has 0 spiro atoms. The van der Waals surface area contributed by atoms with Crippen LogP contribution in [0.25, 0.3) is 11.5 Å². The second-order valence-electron chi connectivity index (χ2n) is 7.18. The van der Waals surface area contributed by atoms with E-state index >= 15 is 0 Å². The maximum absolute atomic E-state index is 12.7. The molecule has 0 aliphatic rings. The van der Waals surface area contributed by atoms with E-state index in [0.29, 0.717) is 36.1 Å². The number of rotatable bonds is 8. The Morgan fingerprint density at radius 1 is 0.871 bits per heavy atom. The molecule has 1 atom stereocenters. The number of carbonyl (C=O) groups is 1. The first-order valence-corrected chi connectivity index (χ1v) is 10.5.